The molecular weight excluding hydrogens is 218 g/mol. The average Bonchev–Trinajstić information content (AvgIpc) is 2.76. The lowest BCUT2D eigenvalue weighted by Crippen LogP contribution is -2.46. The number of rotatable bonds is 5. The smallest absolute Gasteiger partial charge is 0.146 e. The Morgan fingerprint density at radius 1 is 1.59 bits per heavy atom. The van der Waals surface area contributed by atoms with Gasteiger partial charge in [-0.25, -0.2) is 0 Å². The van der Waals surface area contributed by atoms with Crippen molar-refractivity contribution in [2.45, 2.75) is 19.6 Å². The zero-order valence-electron chi connectivity index (χ0n) is 10.6. The molecule has 2 heterocycles. The highest BCUT2D eigenvalue weighted by Gasteiger charge is 2.18. The molecule has 1 aromatic rings. The van der Waals surface area contributed by atoms with Crippen molar-refractivity contribution < 1.29 is 4.74 Å². The van der Waals surface area contributed by atoms with E-state index in [1.165, 1.54) is 0 Å². The highest BCUT2D eigenvalue weighted by Crippen LogP contribution is 2.03. The monoisotopic (exact) mass is 239 g/mol. The third-order valence-corrected chi connectivity index (χ3v) is 3.13. The highest BCUT2D eigenvalue weighted by atomic mass is 16.5. The van der Waals surface area contributed by atoms with Gasteiger partial charge in [0.05, 0.1) is 19.3 Å². The third kappa shape index (κ3) is 3.49. The zero-order chi connectivity index (χ0) is 12.1. The SMILES string of the molecule is CCN1CCOC(CNCc2nncn2C)C1. The maximum Gasteiger partial charge on any atom is 0.146 e. The van der Waals surface area contributed by atoms with Crippen LogP contribution >= 0.6 is 0 Å². The molecule has 6 nitrogen and oxygen atoms in total. The number of hydrogen-bond acceptors (Lipinski definition) is 5. The molecule has 1 unspecified atom stereocenters. The second-order valence-corrected chi connectivity index (χ2v) is 4.38. The van der Waals surface area contributed by atoms with Crippen LogP contribution in [0.2, 0.25) is 0 Å². The van der Waals surface area contributed by atoms with Gasteiger partial charge in [-0.15, -0.1) is 10.2 Å². The number of ether oxygens (including phenoxy) is 1. The van der Waals surface area contributed by atoms with E-state index in [9.17, 15) is 0 Å². The molecule has 1 saturated heterocycles. The van der Waals surface area contributed by atoms with Crippen LogP contribution in [0.4, 0.5) is 0 Å². The molecule has 0 saturated carbocycles. The van der Waals surface area contributed by atoms with Gasteiger partial charge in [-0.3, -0.25) is 4.90 Å². The van der Waals surface area contributed by atoms with E-state index in [0.717, 1.165) is 45.2 Å². The Morgan fingerprint density at radius 2 is 2.47 bits per heavy atom. The van der Waals surface area contributed by atoms with Crippen molar-refractivity contribution in [3.8, 4) is 0 Å². The van der Waals surface area contributed by atoms with Gasteiger partial charge < -0.3 is 14.6 Å². The van der Waals surface area contributed by atoms with Crippen molar-refractivity contribution in [3.05, 3.63) is 12.2 Å². The summed E-state index contributed by atoms with van der Waals surface area (Å²) in [4.78, 5) is 2.41. The molecule has 0 radical (unpaired) electrons. The molecule has 1 fully saturated rings. The topological polar surface area (TPSA) is 55.2 Å². The molecule has 0 amide bonds. The summed E-state index contributed by atoms with van der Waals surface area (Å²) in [6.45, 7) is 7.80. The molecule has 1 N–H and O–H groups in total. The Balaban J connectivity index is 1.70. The van der Waals surface area contributed by atoms with Gasteiger partial charge in [0, 0.05) is 26.7 Å². The summed E-state index contributed by atoms with van der Waals surface area (Å²) in [5.41, 5.74) is 0. The van der Waals surface area contributed by atoms with E-state index < -0.39 is 0 Å². The molecule has 2 rings (SSSR count). The molecule has 1 aliphatic heterocycles. The van der Waals surface area contributed by atoms with Gasteiger partial charge >= 0.3 is 0 Å². The van der Waals surface area contributed by atoms with Crippen LogP contribution in [0.15, 0.2) is 6.33 Å². The first-order valence-corrected chi connectivity index (χ1v) is 6.17. The van der Waals surface area contributed by atoms with Crippen molar-refractivity contribution in [3.63, 3.8) is 0 Å². The molecule has 17 heavy (non-hydrogen) atoms. The molecule has 1 atom stereocenters. The second-order valence-electron chi connectivity index (χ2n) is 4.38. The summed E-state index contributed by atoms with van der Waals surface area (Å²) >= 11 is 0. The van der Waals surface area contributed by atoms with Crippen LogP contribution in [0.5, 0.6) is 0 Å². The summed E-state index contributed by atoms with van der Waals surface area (Å²) in [6, 6.07) is 0. The zero-order valence-corrected chi connectivity index (χ0v) is 10.6. The first-order chi connectivity index (χ1) is 8.29. The molecular formula is C11H21N5O. The van der Waals surface area contributed by atoms with Crippen molar-refractivity contribution in [1.82, 2.24) is 25.0 Å². The Hall–Kier alpha value is -0.980. The molecule has 0 bridgehead atoms. The van der Waals surface area contributed by atoms with Crippen molar-refractivity contribution in [1.29, 1.82) is 0 Å². The van der Waals surface area contributed by atoms with E-state index in [-0.39, 0.29) is 6.10 Å². The summed E-state index contributed by atoms with van der Waals surface area (Å²) in [5.74, 6) is 0.952. The Kier molecular flexibility index (Phi) is 4.47. The first kappa shape index (κ1) is 12.5. The van der Waals surface area contributed by atoms with E-state index in [4.69, 9.17) is 4.74 Å². The van der Waals surface area contributed by atoms with E-state index >= 15 is 0 Å². The third-order valence-electron chi connectivity index (χ3n) is 3.13. The van der Waals surface area contributed by atoms with Crippen molar-refractivity contribution in [2.24, 2.45) is 7.05 Å². The average molecular weight is 239 g/mol. The van der Waals surface area contributed by atoms with Gasteiger partial charge in [0.1, 0.15) is 12.2 Å². The first-order valence-electron chi connectivity index (χ1n) is 6.17. The van der Waals surface area contributed by atoms with Gasteiger partial charge in [0.25, 0.3) is 0 Å². The van der Waals surface area contributed by atoms with Crippen molar-refractivity contribution >= 4 is 0 Å². The summed E-state index contributed by atoms with van der Waals surface area (Å²) in [7, 11) is 1.95. The van der Waals surface area contributed by atoms with Gasteiger partial charge in [-0.05, 0) is 6.54 Å². The van der Waals surface area contributed by atoms with E-state index in [1.807, 2.05) is 11.6 Å². The van der Waals surface area contributed by atoms with Gasteiger partial charge in [-0.2, -0.15) is 0 Å². The van der Waals surface area contributed by atoms with Crippen LogP contribution in [-0.4, -0.2) is 58.6 Å². The number of hydrogen-bond donors (Lipinski definition) is 1. The fourth-order valence-electron chi connectivity index (χ4n) is 2.00. The van der Waals surface area contributed by atoms with Crippen LogP contribution in [-0.2, 0) is 18.3 Å². The lowest BCUT2D eigenvalue weighted by Gasteiger charge is -2.32. The minimum absolute atomic E-state index is 0.289. The summed E-state index contributed by atoms with van der Waals surface area (Å²) in [5, 5.41) is 11.2. The summed E-state index contributed by atoms with van der Waals surface area (Å²) in [6.07, 6.45) is 2.00. The van der Waals surface area contributed by atoms with Crippen LogP contribution in [0.25, 0.3) is 0 Å². The highest BCUT2D eigenvalue weighted by molar-refractivity contribution is 4.84. The molecule has 96 valence electrons. The molecule has 0 aliphatic carbocycles. The lowest BCUT2D eigenvalue weighted by molar-refractivity contribution is -0.0254. The van der Waals surface area contributed by atoms with Gasteiger partial charge in [0.2, 0.25) is 0 Å². The molecule has 0 aromatic carbocycles. The predicted octanol–water partition coefficient (Wildman–Crippen LogP) is -0.375. The molecule has 1 aromatic heterocycles. The van der Waals surface area contributed by atoms with Crippen LogP contribution in [0, 0.1) is 0 Å². The standard InChI is InChI=1S/C11H21N5O/c1-3-16-4-5-17-10(8-16)6-12-7-11-14-13-9-15(11)2/h9-10,12H,3-8H2,1-2H3. The van der Waals surface area contributed by atoms with Gasteiger partial charge in [-0.1, -0.05) is 6.92 Å². The van der Waals surface area contributed by atoms with Crippen LogP contribution in [0.3, 0.4) is 0 Å². The molecule has 0 spiro atoms. The predicted molar refractivity (Wildman–Crippen MR) is 64.6 cm³/mol. The fourth-order valence-corrected chi connectivity index (χ4v) is 2.00. The Labute approximate surface area is 102 Å². The largest absolute Gasteiger partial charge is 0.374 e. The summed E-state index contributed by atoms with van der Waals surface area (Å²) < 4.78 is 7.64. The number of morpholine rings is 1. The normalized spacial score (nSPS) is 21.9. The van der Waals surface area contributed by atoms with Gasteiger partial charge in [0.15, 0.2) is 0 Å². The number of aryl methyl sites for hydroxylation is 1. The minimum Gasteiger partial charge on any atom is -0.374 e. The molecule has 6 heteroatoms. The number of nitrogens with zero attached hydrogens (tertiary/aromatic N) is 4. The van der Waals surface area contributed by atoms with E-state index in [1.54, 1.807) is 6.33 Å². The number of aromatic nitrogens is 3. The maximum absolute atomic E-state index is 5.71. The van der Waals surface area contributed by atoms with Crippen LogP contribution in [0.1, 0.15) is 12.7 Å². The Morgan fingerprint density at radius 3 is 3.18 bits per heavy atom. The van der Waals surface area contributed by atoms with Crippen molar-refractivity contribution in [2.75, 3.05) is 32.8 Å². The number of likely N-dealkylation sites (N-methyl/N-ethyl adjacent to an activating group) is 1. The quantitative estimate of drug-likeness (QED) is 0.759. The van der Waals surface area contributed by atoms with E-state index in [0.29, 0.717) is 0 Å². The molecule has 1 aliphatic rings. The lowest BCUT2D eigenvalue weighted by atomic mass is 10.2. The second kappa shape index (κ2) is 6.09. The fraction of sp³-hybridized carbons (Fsp3) is 0.818. The Bertz CT molecular complexity index is 340. The maximum atomic E-state index is 5.71. The minimum atomic E-state index is 0.289. The number of nitrogens with one attached hydrogen (secondary N) is 1. The van der Waals surface area contributed by atoms with Crippen LogP contribution < -0.4 is 5.32 Å². The van der Waals surface area contributed by atoms with E-state index in [2.05, 4.69) is 27.3 Å².